The summed E-state index contributed by atoms with van der Waals surface area (Å²) in [6, 6.07) is 26.7. The molecule has 1 atom stereocenters. The largest absolute Gasteiger partial charge is 0.487 e. The first kappa shape index (κ1) is 26.2. The molecule has 2 aliphatic heterocycles. The van der Waals surface area contributed by atoms with Crippen LogP contribution in [0, 0.1) is 0 Å². The van der Waals surface area contributed by atoms with Crippen LogP contribution in [0.3, 0.4) is 0 Å². The standard InChI is InChI=1S/C28H33N3O.2ClH/c1-29(2)24-15-13-22(14-16-24)17-19-30-18-7-9-25(30)20-31-26-10-4-3-8-23(26)21-32-28-12-6-5-11-27(28)31;;/h3-6,8,10-16,25H,7,9,17-21H2,1-2H3;2*1H. The number of rotatable bonds is 6. The summed E-state index contributed by atoms with van der Waals surface area (Å²) in [5.41, 5.74) is 6.40. The molecule has 4 nitrogen and oxygen atoms in total. The van der Waals surface area contributed by atoms with Crippen LogP contribution in [-0.2, 0) is 13.0 Å². The van der Waals surface area contributed by atoms with Gasteiger partial charge in [0.05, 0.1) is 5.69 Å². The lowest BCUT2D eigenvalue weighted by Gasteiger charge is -2.32. The number of fused-ring (bicyclic) bond motifs is 2. The molecule has 1 unspecified atom stereocenters. The normalized spacial score (nSPS) is 16.9. The highest BCUT2D eigenvalue weighted by atomic mass is 35.5. The second-order valence-electron chi connectivity index (χ2n) is 9.14. The zero-order valence-corrected chi connectivity index (χ0v) is 21.7. The van der Waals surface area contributed by atoms with Crippen molar-refractivity contribution in [1.82, 2.24) is 4.90 Å². The summed E-state index contributed by atoms with van der Waals surface area (Å²) in [4.78, 5) is 7.34. The van der Waals surface area contributed by atoms with Gasteiger partial charge in [0, 0.05) is 50.2 Å². The van der Waals surface area contributed by atoms with Gasteiger partial charge in [-0.05, 0) is 61.7 Å². The molecule has 34 heavy (non-hydrogen) atoms. The predicted octanol–water partition coefficient (Wildman–Crippen LogP) is 6.33. The van der Waals surface area contributed by atoms with E-state index in [0.29, 0.717) is 12.6 Å². The van der Waals surface area contributed by atoms with E-state index in [1.807, 2.05) is 0 Å². The zero-order valence-electron chi connectivity index (χ0n) is 20.0. The summed E-state index contributed by atoms with van der Waals surface area (Å²) in [7, 11) is 4.18. The Morgan fingerprint density at radius 2 is 1.59 bits per heavy atom. The van der Waals surface area contributed by atoms with E-state index in [1.165, 1.54) is 47.6 Å². The van der Waals surface area contributed by atoms with Crippen LogP contribution in [0.25, 0.3) is 0 Å². The van der Waals surface area contributed by atoms with Crippen molar-refractivity contribution in [2.24, 2.45) is 0 Å². The molecule has 5 rings (SSSR count). The van der Waals surface area contributed by atoms with E-state index in [2.05, 4.69) is 102 Å². The van der Waals surface area contributed by atoms with Gasteiger partial charge in [-0.1, -0.05) is 42.5 Å². The molecule has 2 aliphatic rings. The number of ether oxygens (including phenoxy) is 1. The van der Waals surface area contributed by atoms with Crippen molar-refractivity contribution in [3.8, 4) is 5.75 Å². The average molecular weight is 501 g/mol. The number of likely N-dealkylation sites (tertiary alicyclic amines) is 1. The summed E-state index contributed by atoms with van der Waals surface area (Å²) < 4.78 is 6.17. The number of nitrogens with zero attached hydrogens (tertiary/aromatic N) is 3. The molecule has 0 aliphatic carbocycles. The van der Waals surface area contributed by atoms with E-state index in [-0.39, 0.29) is 24.8 Å². The van der Waals surface area contributed by atoms with Gasteiger partial charge >= 0.3 is 0 Å². The molecule has 2 heterocycles. The van der Waals surface area contributed by atoms with Gasteiger partial charge in [0.1, 0.15) is 12.4 Å². The van der Waals surface area contributed by atoms with Crippen molar-refractivity contribution in [3.05, 3.63) is 83.9 Å². The summed E-state index contributed by atoms with van der Waals surface area (Å²) >= 11 is 0. The van der Waals surface area contributed by atoms with E-state index in [9.17, 15) is 0 Å². The number of anilines is 3. The van der Waals surface area contributed by atoms with E-state index in [4.69, 9.17) is 4.74 Å². The number of benzene rings is 3. The Balaban J connectivity index is 0.00000162. The maximum atomic E-state index is 6.17. The Morgan fingerprint density at radius 1 is 0.882 bits per heavy atom. The molecule has 6 heteroatoms. The van der Waals surface area contributed by atoms with Crippen molar-refractivity contribution in [2.45, 2.75) is 31.9 Å². The summed E-state index contributed by atoms with van der Waals surface area (Å²) in [6.07, 6.45) is 3.62. The highest BCUT2D eigenvalue weighted by molar-refractivity contribution is 5.85. The van der Waals surface area contributed by atoms with Crippen LogP contribution >= 0.6 is 24.8 Å². The van der Waals surface area contributed by atoms with Gasteiger partial charge in [-0.2, -0.15) is 0 Å². The quantitative estimate of drug-likeness (QED) is 0.394. The fourth-order valence-electron chi connectivity index (χ4n) is 5.02. The van der Waals surface area contributed by atoms with Crippen LogP contribution in [0.15, 0.2) is 72.8 Å². The summed E-state index contributed by atoms with van der Waals surface area (Å²) in [6.45, 7) is 3.92. The van der Waals surface area contributed by atoms with Crippen molar-refractivity contribution in [2.75, 3.05) is 43.5 Å². The predicted molar refractivity (Wildman–Crippen MR) is 148 cm³/mol. The Hall–Kier alpha value is -2.40. The van der Waals surface area contributed by atoms with Gasteiger partial charge in [0.2, 0.25) is 0 Å². The molecule has 0 saturated carbocycles. The fourth-order valence-corrected chi connectivity index (χ4v) is 5.02. The van der Waals surface area contributed by atoms with Crippen molar-refractivity contribution < 1.29 is 4.74 Å². The molecule has 0 bridgehead atoms. The minimum absolute atomic E-state index is 0. The second-order valence-corrected chi connectivity index (χ2v) is 9.14. The topological polar surface area (TPSA) is 19.0 Å². The molecule has 0 N–H and O–H groups in total. The van der Waals surface area contributed by atoms with Crippen LogP contribution in [0.5, 0.6) is 5.75 Å². The Labute approximate surface area is 216 Å². The second kappa shape index (κ2) is 11.8. The van der Waals surface area contributed by atoms with Crippen molar-refractivity contribution in [1.29, 1.82) is 0 Å². The molecular formula is C28H35Cl2N3O. The maximum Gasteiger partial charge on any atom is 0.143 e. The molecule has 182 valence electrons. The lowest BCUT2D eigenvalue weighted by Crippen LogP contribution is -2.39. The van der Waals surface area contributed by atoms with E-state index in [1.54, 1.807) is 0 Å². The Kier molecular flexibility index (Phi) is 9.12. The highest BCUT2D eigenvalue weighted by Crippen LogP contribution is 2.40. The number of halogens is 2. The lowest BCUT2D eigenvalue weighted by molar-refractivity contribution is 0.261. The van der Waals surface area contributed by atoms with Crippen molar-refractivity contribution in [3.63, 3.8) is 0 Å². The highest BCUT2D eigenvalue weighted by Gasteiger charge is 2.29. The fraction of sp³-hybridized carbons (Fsp3) is 0.357. The minimum atomic E-state index is 0. The first-order chi connectivity index (χ1) is 15.7. The third-order valence-corrected chi connectivity index (χ3v) is 6.85. The smallest absolute Gasteiger partial charge is 0.143 e. The van der Waals surface area contributed by atoms with E-state index >= 15 is 0 Å². The summed E-state index contributed by atoms with van der Waals surface area (Å²) in [5, 5.41) is 0. The first-order valence-electron chi connectivity index (χ1n) is 11.8. The molecule has 0 amide bonds. The number of hydrogen-bond donors (Lipinski definition) is 0. The van der Waals surface area contributed by atoms with Crippen LogP contribution in [-0.4, -0.2) is 44.7 Å². The molecule has 3 aromatic rings. The summed E-state index contributed by atoms with van der Waals surface area (Å²) in [5.74, 6) is 0.981. The van der Waals surface area contributed by atoms with Gasteiger partial charge in [-0.15, -0.1) is 24.8 Å². The third-order valence-electron chi connectivity index (χ3n) is 6.85. The van der Waals surface area contributed by atoms with Gasteiger partial charge in [0.15, 0.2) is 0 Å². The molecule has 0 aromatic heterocycles. The number of para-hydroxylation sites is 3. The van der Waals surface area contributed by atoms with Crippen LogP contribution in [0.1, 0.15) is 24.0 Å². The van der Waals surface area contributed by atoms with E-state index < -0.39 is 0 Å². The van der Waals surface area contributed by atoms with Crippen LogP contribution < -0.4 is 14.5 Å². The van der Waals surface area contributed by atoms with Gasteiger partial charge < -0.3 is 14.5 Å². The minimum Gasteiger partial charge on any atom is -0.487 e. The van der Waals surface area contributed by atoms with Crippen LogP contribution in [0.4, 0.5) is 17.1 Å². The Bertz CT molecular complexity index is 1010. The molecule has 3 aromatic carbocycles. The van der Waals surface area contributed by atoms with Crippen molar-refractivity contribution >= 4 is 41.9 Å². The third kappa shape index (κ3) is 5.63. The molecular weight excluding hydrogens is 465 g/mol. The lowest BCUT2D eigenvalue weighted by atomic mass is 10.1. The van der Waals surface area contributed by atoms with Gasteiger partial charge in [-0.25, -0.2) is 0 Å². The maximum absolute atomic E-state index is 6.17. The molecule has 0 radical (unpaired) electrons. The molecule has 0 spiro atoms. The zero-order chi connectivity index (χ0) is 21.9. The first-order valence-corrected chi connectivity index (χ1v) is 11.8. The van der Waals surface area contributed by atoms with Crippen LogP contribution in [0.2, 0.25) is 0 Å². The number of hydrogen-bond acceptors (Lipinski definition) is 4. The molecule has 1 saturated heterocycles. The SMILES string of the molecule is CN(C)c1ccc(CCN2CCCC2CN2c3ccccc3COc3ccccc32)cc1.Cl.Cl. The monoisotopic (exact) mass is 499 g/mol. The van der Waals surface area contributed by atoms with E-state index in [0.717, 1.165) is 25.3 Å². The Morgan fingerprint density at radius 3 is 2.35 bits per heavy atom. The van der Waals surface area contributed by atoms with Gasteiger partial charge in [-0.3, -0.25) is 4.90 Å². The van der Waals surface area contributed by atoms with Gasteiger partial charge in [0.25, 0.3) is 0 Å². The molecule has 1 fully saturated rings. The average Bonchev–Trinajstić information content (AvgIpc) is 3.21.